The Morgan fingerprint density at radius 3 is 2.41 bits per heavy atom. The molecule has 0 radical (unpaired) electrons. The van der Waals surface area contributed by atoms with Crippen molar-refractivity contribution in [2.75, 3.05) is 44.4 Å². The lowest BCUT2D eigenvalue weighted by Gasteiger charge is -2.51. The summed E-state index contributed by atoms with van der Waals surface area (Å²) in [6.07, 6.45) is -0.970. The molecule has 39 heavy (non-hydrogen) atoms. The molecule has 8 nitrogen and oxygen atoms in total. The molecule has 13 heteroatoms. The lowest BCUT2D eigenvalue weighted by Crippen LogP contribution is -2.60. The van der Waals surface area contributed by atoms with Gasteiger partial charge in [-0.05, 0) is 57.4 Å². The zero-order chi connectivity index (χ0) is 28.6. The van der Waals surface area contributed by atoms with Gasteiger partial charge in [-0.3, -0.25) is 4.90 Å². The standard InChI is InChI=1S/C26H34ClF2NO7S2/c1-17(28)24-25(18(2)29)37-16-22-23(8-13-38(32,33)14-11-30-10-7-20(31)15-30)36-12-9-26(22,24)39(34,35)21-5-3-19(27)4-6-21/h3-6,20,22-23,31H,7-16H2,1-2H3/b24-17-,25-18-/t20-,22+,23+,26?/m1/s1. The summed E-state index contributed by atoms with van der Waals surface area (Å²) in [5.41, 5.74) is -0.391. The first-order valence-corrected chi connectivity index (χ1v) is 16.6. The van der Waals surface area contributed by atoms with Crippen molar-refractivity contribution < 1.29 is 40.2 Å². The maximum absolute atomic E-state index is 15.3. The van der Waals surface area contributed by atoms with Gasteiger partial charge in [0.25, 0.3) is 0 Å². The normalized spacial score (nSPS) is 31.0. The van der Waals surface area contributed by atoms with Crippen molar-refractivity contribution in [3.05, 3.63) is 52.3 Å². The molecule has 1 unspecified atom stereocenters. The summed E-state index contributed by atoms with van der Waals surface area (Å²) in [6.45, 7) is 3.06. The Morgan fingerprint density at radius 1 is 1.13 bits per heavy atom. The summed E-state index contributed by atoms with van der Waals surface area (Å²) in [4.78, 5) is 1.77. The maximum atomic E-state index is 15.3. The Hall–Kier alpha value is -1.57. The second-order valence-corrected chi connectivity index (χ2v) is 15.3. The van der Waals surface area contributed by atoms with E-state index in [9.17, 15) is 26.3 Å². The van der Waals surface area contributed by atoms with Crippen molar-refractivity contribution in [3.63, 3.8) is 0 Å². The highest BCUT2D eigenvalue weighted by Crippen LogP contribution is 2.54. The molecule has 4 rings (SSSR count). The summed E-state index contributed by atoms with van der Waals surface area (Å²) in [5, 5.41) is 9.99. The van der Waals surface area contributed by atoms with Gasteiger partial charge in [-0.25, -0.2) is 25.6 Å². The molecule has 3 saturated heterocycles. The minimum atomic E-state index is -4.37. The van der Waals surface area contributed by atoms with Gasteiger partial charge in [0.2, 0.25) is 0 Å². The molecule has 0 aliphatic carbocycles. The molecule has 1 aromatic rings. The molecule has 4 atom stereocenters. The number of hydrogen-bond donors (Lipinski definition) is 1. The van der Waals surface area contributed by atoms with Crippen LogP contribution < -0.4 is 0 Å². The molecule has 3 aliphatic rings. The van der Waals surface area contributed by atoms with E-state index in [0.717, 1.165) is 13.8 Å². The van der Waals surface area contributed by atoms with Crippen LogP contribution in [0.2, 0.25) is 5.02 Å². The lowest BCUT2D eigenvalue weighted by atomic mass is 9.74. The average Bonchev–Trinajstić information content (AvgIpc) is 3.30. The average molecular weight is 610 g/mol. The van der Waals surface area contributed by atoms with Crippen molar-refractivity contribution in [2.24, 2.45) is 5.92 Å². The molecule has 1 N–H and O–H groups in total. The first kappa shape index (κ1) is 30.4. The van der Waals surface area contributed by atoms with Gasteiger partial charge in [0, 0.05) is 37.2 Å². The van der Waals surface area contributed by atoms with Crippen LogP contribution in [0.1, 0.15) is 33.1 Å². The van der Waals surface area contributed by atoms with E-state index in [1.165, 1.54) is 24.3 Å². The molecule has 0 amide bonds. The van der Waals surface area contributed by atoms with Gasteiger partial charge < -0.3 is 14.6 Å². The zero-order valence-corrected chi connectivity index (χ0v) is 24.3. The molecular formula is C26H34ClF2NO7S2. The summed E-state index contributed by atoms with van der Waals surface area (Å²) in [6, 6.07) is 5.45. The van der Waals surface area contributed by atoms with Gasteiger partial charge in [-0.1, -0.05) is 11.6 Å². The van der Waals surface area contributed by atoms with E-state index in [4.69, 9.17) is 21.1 Å². The number of aliphatic hydroxyl groups excluding tert-OH is 1. The Balaban J connectivity index is 1.68. The second-order valence-electron chi connectivity index (χ2n) is 10.4. The number of hydrogen-bond acceptors (Lipinski definition) is 8. The van der Waals surface area contributed by atoms with Crippen LogP contribution in [0.4, 0.5) is 8.78 Å². The van der Waals surface area contributed by atoms with Gasteiger partial charge in [0.1, 0.15) is 16.4 Å². The Labute approximate surface area is 233 Å². The number of allylic oxidation sites excluding steroid dienone is 3. The van der Waals surface area contributed by atoms with E-state index in [0.29, 0.717) is 24.5 Å². The minimum absolute atomic E-state index is 0.0386. The van der Waals surface area contributed by atoms with E-state index in [1.54, 1.807) is 0 Å². The second kappa shape index (κ2) is 11.7. The van der Waals surface area contributed by atoms with Crippen molar-refractivity contribution in [2.45, 2.75) is 55.0 Å². The fourth-order valence-electron chi connectivity index (χ4n) is 5.93. The molecule has 3 fully saturated rings. The number of aliphatic hydroxyl groups is 1. The molecule has 1 aromatic carbocycles. The highest BCUT2D eigenvalue weighted by atomic mass is 35.5. The third kappa shape index (κ3) is 6.06. The number of sulfone groups is 2. The quantitative estimate of drug-likeness (QED) is 0.476. The first-order chi connectivity index (χ1) is 18.3. The molecule has 3 aliphatic heterocycles. The monoisotopic (exact) mass is 609 g/mol. The third-order valence-electron chi connectivity index (χ3n) is 7.85. The van der Waals surface area contributed by atoms with Crippen LogP contribution in [0.5, 0.6) is 0 Å². The van der Waals surface area contributed by atoms with Crippen molar-refractivity contribution in [1.29, 1.82) is 0 Å². The van der Waals surface area contributed by atoms with Gasteiger partial charge in [0.05, 0.1) is 40.8 Å². The highest BCUT2D eigenvalue weighted by Gasteiger charge is 2.62. The lowest BCUT2D eigenvalue weighted by molar-refractivity contribution is -0.0755. The Bertz CT molecular complexity index is 1340. The van der Waals surface area contributed by atoms with Crippen LogP contribution in [0, 0.1) is 5.92 Å². The van der Waals surface area contributed by atoms with Crippen LogP contribution in [0.15, 0.2) is 52.1 Å². The summed E-state index contributed by atoms with van der Waals surface area (Å²) < 4.78 is 93.8. The fraction of sp³-hybridized carbons (Fsp3) is 0.615. The molecule has 0 aromatic heterocycles. The smallest absolute Gasteiger partial charge is 0.189 e. The SMILES string of the molecule is C/C(F)=C1/OC[C@H]2[C@H](CCS(=O)(=O)CCN3CC[C@@H](O)C3)OCCC2(S(=O)(=O)c2ccc(Cl)cc2)/C1=C(/C)F. The first-order valence-electron chi connectivity index (χ1n) is 12.9. The zero-order valence-electron chi connectivity index (χ0n) is 21.9. The molecule has 218 valence electrons. The molecule has 0 bridgehead atoms. The van der Waals surface area contributed by atoms with Gasteiger partial charge >= 0.3 is 0 Å². The van der Waals surface area contributed by atoms with E-state index in [1.807, 2.05) is 4.90 Å². The van der Waals surface area contributed by atoms with Crippen LogP contribution in [0.3, 0.4) is 0 Å². The number of rotatable bonds is 8. The predicted molar refractivity (Wildman–Crippen MR) is 143 cm³/mol. The van der Waals surface area contributed by atoms with Crippen LogP contribution in [-0.2, 0) is 29.1 Å². The van der Waals surface area contributed by atoms with Crippen LogP contribution >= 0.6 is 11.6 Å². The van der Waals surface area contributed by atoms with Gasteiger partial charge in [-0.15, -0.1) is 0 Å². The number of fused-ring (bicyclic) bond motifs is 1. The third-order valence-corrected chi connectivity index (χ3v) is 12.3. The number of likely N-dealkylation sites (tertiary alicyclic amines) is 1. The van der Waals surface area contributed by atoms with Gasteiger partial charge in [-0.2, -0.15) is 0 Å². The van der Waals surface area contributed by atoms with Gasteiger partial charge in [0.15, 0.2) is 25.4 Å². The maximum Gasteiger partial charge on any atom is 0.189 e. The molecule has 0 spiro atoms. The number of benzene rings is 1. The molecule has 3 heterocycles. The Kier molecular flexibility index (Phi) is 9.14. The van der Waals surface area contributed by atoms with Crippen molar-refractivity contribution in [3.8, 4) is 0 Å². The Morgan fingerprint density at radius 2 is 1.82 bits per heavy atom. The molecular weight excluding hydrogens is 576 g/mol. The number of halogens is 3. The number of β-amino-alcohol motifs (C(OH)–C–C–N with tert-alkyl or cyclic N) is 1. The number of nitrogens with zero attached hydrogens (tertiary/aromatic N) is 1. The number of ether oxygens (including phenoxy) is 2. The topological polar surface area (TPSA) is 110 Å². The van der Waals surface area contributed by atoms with Crippen molar-refractivity contribution in [1.82, 2.24) is 4.90 Å². The minimum Gasteiger partial charge on any atom is -0.490 e. The van der Waals surface area contributed by atoms with E-state index in [2.05, 4.69) is 0 Å². The van der Waals surface area contributed by atoms with Crippen molar-refractivity contribution >= 4 is 31.3 Å². The predicted octanol–water partition coefficient (Wildman–Crippen LogP) is 3.60. The summed E-state index contributed by atoms with van der Waals surface area (Å²) in [5.74, 6) is -3.61. The largest absolute Gasteiger partial charge is 0.490 e. The van der Waals surface area contributed by atoms with E-state index in [-0.39, 0.29) is 49.0 Å². The summed E-state index contributed by atoms with van der Waals surface area (Å²) >= 11 is 5.98. The summed E-state index contributed by atoms with van der Waals surface area (Å²) in [7, 11) is -7.93. The van der Waals surface area contributed by atoms with Crippen LogP contribution in [0.25, 0.3) is 0 Å². The van der Waals surface area contributed by atoms with Crippen LogP contribution in [-0.4, -0.2) is 88.2 Å². The molecule has 0 saturated carbocycles. The van der Waals surface area contributed by atoms with E-state index < -0.39 is 65.5 Å². The van der Waals surface area contributed by atoms with E-state index >= 15 is 4.39 Å². The fourth-order valence-corrected chi connectivity index (χ4v) is 9.78. The highest BCUT2D eigenvalue weighted by molar-refractivity contribution is 7.93.